The molecule has 0 saturated carbocycles. The predicted molar refractivity (Wildman–Crippen MR) is 80.0 cm³/mol. The van der Waals surface area contributed by atoms with Gasteiger partial charge in [0.05, 0.1) is 16.6 Å². The summed E-state index contributed by atoms with van der Waals surface area (Å²) >= 11 is 14.2. The molecule has 3 nitrogen and oxygen atoms in total. The molecule has 1 amide bonds. The maximum Gasteiger partial charge on any atom is 0.255 e. The quantitative estimate of drug-likeness (QED) is 0.837. The van der Waals surface area contributed by atoms with Crippen LogP contribution in [0.5, 0.6) is 0 Å². The Bertz CT molecular complexity index is 509. The van der Waals surface area contributed by atoms with Crippen molar-refractivity contribution in [3.05, 3.63) is 33.3 Å². The molecule has 0 aliphatic carbocycles. The lowest BCUT2D eigenvalue weighted by molar-refractivity contribution is 0.0769. The number of likely N-dealkylation sites (tertiary alicyclic amines) is 1. The first kappa shape index (κ1) is 13.8. The third kappa shape index (κ3) is 2.68. The molecular formula is C12H12BrClN2OS. The average Bonchev–Trinajstić information content (AvgIpc) is 2.77. The minimum absolute atomic E-state index is 0.0613. The summed E-state index contributed by atoms with van der Waals surface area (Å²) in [7, 11) is 0. The zero-order chi connectivity index (χ0) is 13.3. The monoisotopic (exact) mass is 346 g/mol. The molecule has 96 valence electrons. The van der Waals surface area contributed by atoms with E-state index in [0.717, 1.165) is 12.8 Å². The number of halogens is 2. The first-order chi connectivity index (χ1) is 8.50. The van der Waals surface area contributed by atoms with Crippen LogP contribution in [0.2, 0.25) is 5.02 Å². The van der Waals surface area contributed by atoms with E-state index in [1.807, 2.05) is 0 Å². The Morgan fingerprint density at radius 1 is 1.56 bits per heavy atom. The number of thiocarbonyl (C=S) groups is 1. The van der Waals surface area contributed by atoms with E-state index < -0.39 is 0 Å². The number of benzene rings is 1. The molecule has 0 spiro atoms. The standard InChI is InChI=1S/C12H12BrClN2OS/c13-9-6-7(14)3-4-8(9)12(17)16-5-1-2-10(16)11(15)18/h3-4,6,10H,1-2,5H2,(H2,15,18). The van der Waals surface area contributed by atoms with Crippen LogP contribution in [0.3, 0.4) is 0 Å². The average molecular weight is 348 g/mol. The highest BCUT2D eigenvalue weighted by Crippen LogP contribution is 2.26. The van der Waals surface area contributed by atoms with Gasteiger partial charge < -0.3 is 10.6 Å². The van der Waals surface area contributed by atoms with Crippen LogP contribution in [0.25, 0.3) is 0 Å². The van der Waals surface area contributed by atoms with E-state index in [-0.39, 0.29) is 11.9 Å². The summed E-state index contributed by atoms with van der Waals surface area (Å²) < 4.78 is 0.689. The van der Waals surface area contributed by atoms with Crippen LogP contribution in [0.4, 0.5) is 0 Å². The van der Waals surface area contributed by atoms with E-state index in [4.69, 9.17) is 29.6 Å². The summed E-state index contributed by atoms with van der Waals surface area (Å²) in [4.78, 5) is 14.5. The number of amides is 1. The number of nitrogens with zero attached hydrogens (tertiary/aromatic N) is 1. The number of rotatable bonds is 2. The molecule has 1 aromatic rings. The molecule has 1 aromatic carbocycles. The maximum absolute atomic E-state index is 12.4. The molecule has 0 radical (unpaired) electrons. The van der Waals surface area contributed by atoms with Crippen molar-refractivity contribution in [3.63, 3.8) is 0 Å². The molecule has 1 heterocycles. The lowest BCUT2D eigenvalue weighted by Crippen LogP contribution is -2.42. The molecule has 2 N–H and O–H groups in total. The lowest BCUT2D eigenvalue weighted by Gasteiger charge is -2.24. The molecule has 0 aromatic heterocycles. The Balaban J connectivity index is 2.28. The van der Waals surface area contributed by atoms with Crippen LogP contribution in [0, 0.1) is 0 Å². The Morgan fingerprint density at radius 3 is 2.89 bits per heavy atom. The van der Waals surface area contributed by atoms with E-state index >= 15 is 0 Å². The molecule has 1 saturated heterocycles. The lowest BCUT2D eigenvalue weighted by atomic mass is 10.1. The van der Waals surface area contributed by atoms with Crippen molar-refractivity contribution in [2.24, 2.45) is 5.73 Å². The van der Waals surface area contributed by atoms with Crippen LogP contribution in [0.1, 0.15) is 23.2 Å². The van der Waals surface area contributed by atoms with Crippen LogP contribution >= 0.6 is 39.7 Å². The fraction of sp³-hybridized carbons (Fsp3) is 0.333. The topological polar surface area (TPSA) is 46.3 Å². The summed E-state index contributed by atoms with van der Waals surface area (Å²) in [6, 6.07) is 4.99. The van der Waals surface area contributed by atoms with Crippen LogP contribution in [0.15, 0.2) is 22.7 Å². The van der Waals surface area contributed by atoms with Crippen LogP contribution < -0.4 is 5.73 Å². The normalized spacial score (nSPS) is 19.0. The van der Waals surface area contributed by atoms with Gasteiger partial charge in [-0.1, -0.05) is 23.8 Å². The minimum atomic E-state index is -0.130. The highest BCUT2D eigenvalue weighted by atomic mass is 79.9. The Morgan fingerprint density at radius 2 is 2.28 bits per heavy atom. The van der Waals surface area contributed by atoms with E-state index in [1.54, 1.807) is 23.1 Å². The smallest absolute Gasteiger partial charge is 0.255 e. The third-order valence-corrected chi connectivity index (χ3v) is 4.17. The first-order valence-corrected chi connectivity index (χ1v) is 7.14. The van der Waals surface area contributed by atoms with E-state index in [9.17, 15) is 4.79 Å². The molecule has 18 heavy (non-hydrogen) atoms. The van der Waals surface area contributed by atoms with Gasteiger partial charge in [0, 0.05) is 16.0 Å². The van der Waals surface area contributed by atoms with Gasteiger partial charge in [0.15, 0.2) is 0 Å². The Hall–Kier alpha value is -0.650. The van der Waals surface area contributed by atoms with Crippen molar-refractivity contribution in [1.82, 2.24) is 4.90 Å². The summed E-state index contributed by atoms with van der Waals surface area (Å²) in [5.74, 6) is -0.0613. The van der Waals surface area contributed by atoms with Crippen molar-refractivity contribution in [1.29, 1.82) is 0 Å². The number of carbonyl (C=O) groups is 1. The van der Waals surface area contributed by atoms with Crippen molar-refractivity contribution in [2.45, 2.75) is 18.9 Å². The minimum Gasteiger partial charge on any atom is -0.392 e. The number of nitrogens with two attached hydrogens (primary N) is 1. The third-order valence-electron chi connectivity index (χ3n) is 3.00. The number of carbonyl (C=O) groups excluding carboxylic acids is 1. The Kier molecular flexibility index (Phi) is 4.25. The molecule has 6 heteroatoms. The second kappa shape index (κ2) is 5.55. The Labute approximate surface area is 124 Å². The van der Waals surface area contributed by atoms with E-state index in [1.165, 1.54) is 0 Å². The van der Waals surface area contributed by atoms with Gasteiger partial charge >= 0.3 is 0 Å². The SMILES string of the molecule is NC(=S)C1CCCN1C(=O)c1ccc(Cl)cc1Br. The second-order valence-electron chi connectivity index (χ2n) is 4.18. The zero-order valence-corrected chi connectivity index (χ0v) is 12.7. The molecular weight excluding hydrogens is 336 g/mol. The molecule has 2 rings (SSSR count). The summed E-state index contributed by atoms with van der Waals surface area (Å²) in [6.45, 7) is 0.690. The van der Waals surface area contributed by atoms with E-state index in [0.29, 0.717) is 26.6 Å². The largest absolute Gasteiger partial charge is 0.392 e. The van der Waals surface area contributed by atoms with Gasteiger partial charge in [0.2, 0.25) is 0 Å². The highest BCUT2D eigenvalue weighted by molar-refractivity contribution is 9.10. The van der Waals surface area contributed by atoms with Gasteiger partial charge in [-0.05, 0) is 47.0 Å². The van der Waals surface area contributed by atoms with E-state index in [2.05, 4.69) is 15.9 Å². The highest BCUT2D eigenvalue weighted by Gasteiger charge is 2.31. The van der Waals surface area contributed by atoms with Crippen molar-refractivity contribution >= 4 is 50.6 Å². The number of hydrogen-bond donors (Lipinski definition) is 1. The van der Waals surface area contributed by atoms with Crippen LogP contribution in [-0.4, -0.2) is 28.4 Å². The fourth-order valence-electron chi connectivity index (χ4n) is 2.12. The van der Waals surface area contributed by atoms with Gasteiger partial charge in [0.1, 0.15) is 0 Å². The summed E-state index contributed by atoms with van der Waals surface area (Å²) in [6.07, 6.45) is 1.77. The maximum atomic E-state index is 12.4. The van der Waals surface area contributed by atoms with Gasteiger partial charge in [-0.2, -0.15) is 0 Å². The van der Waals surface area contributed by atoms with Crippen LogP contribution in [-0.2, 0) is 0 Å². The van der Waals surface area contributed by atoms with Gasteiger partial charge in [-0.25, -0.2) is 0 Å². The molecule has 0 bridgehead atoms. The second-order valence-corrected chi connectivity index (χ2v) is 5.95. The fourth-order valence-corrected chi connectivity index (χ4v) is 3.22. The van der Waals surface area contributed by atoms with Crippen molar-refractivity contribution < 1.29 is 4.79 Å². The summed E-state index contributed by atoms with van der Waals surface area (Å²) in [5.41, 5.74) is 6.26. The van der Waals surface area contributed by atoms with Gasteiger partial charge in [-0.15, -0.1) is 0 Å². The van der Waals surface area contributed by atoms with Crippen molar-refractivity contribution in [2.75, 3.05) is 6.54 Å². The molecule has 1 atom stereocenters. The molecule has 1 aliphatic heterocycles. The predicted octanol–water partition coefficient (Wildman–Crippen LogP) is 2.99. The van der Waals surface area contributed by atoms with Gasteiger partial charge in [-0.3, -0.25) is 4.79 Å². The molecule has 1 unspecified atom stereocenters. The zero-order valence-electron chi connectivity index (χ0n) is 9.53. The molecule has 1 aliphatic rings. The number of hydrogen-bond acceptors (Lipinski definition) is 2. The first-order valence-electron chi connectivity index (χ1n) is 5.56. The van der Waals surface area contributed by atoms with Crippen molar-refractivity contribution in [3.8, 4) is 0 Å². The molecule has 1 fully saturated rings. The van der Waals surface area contributed by atoms with Gasteiger partial charge in [0.25, 0.3) is 5.91 Å². The summed E-state index contributed by atoms with van der Waals surface area (Å²) in [5, 5.41) is 0.589.